The van der Waals surface area contributed by atoms with Crippen LogP contribution in [-0.2, 0) is 4.79 Å². The van der Waals surface area contributed by atoms with E-state index in [2.05, 4.69) is 10.2 Å². The van der Waals surface area contributed by atoms with E-state index in [4.69, 9.17) is 11.5 Å². The van der Waals surface area contributed by atoms with E-state index >= 15 is 0 Å². The van der Waals surface area contributed by atoms with Crippen LogP contribution < -0.4 is 21.7 Å². The van der Waals surface area contributed by atoms with Gasteiger partial charge in [-0.25, -0.2) is 0 Å². The third-order valence-electron chi connectivity index (χ3n) is 4.04. The Morgan fingerprint density at radius 2 is 2.17 bits per heavy atom. The molecule has 1 atom stereocenters. The van der Waals surface area contributed by atoms with Crippen LogP contribution in [0.1, 0.15) is 28.8 Å². The molecule has 0 bridgehead atoms. The average molecular weight is 346 g/mol. The van der Waals surface area contributed by atoms with Gasteiger partial charge >= 0.3 is 0 Å². The Hall–Kier alpha value is -2.32. The summed E-state index contributed by atoms with van der Waals surface area (Å²) in [6.07, 6.45) is 3.56. The maximum atomic E-state index is 11.8. The number of hydrogen-bond donors (Lipinski definition) is 3. The number of piperidine rings is 1. The summed E-state index contributed by atoms with van der Waals surface area (Å²) >= 11 is 0.841. The predicted molar refractivity (Wildman–Crippen MR) is 93.5 cm³/mol. The summed E-state index contributed by atoms with van der Waals surface area (Å²) in [5.74, 6) is -0.980. The van der Waals surface area contributed by atoms with E-state index in [1.54, 1.807) is 18.2 Å². The van der Waals surface area contributed by atoms with Gasteiger partial charge < -0.3 is 16.4 Å². The van der Waals surface area contributed by atoms with Crippen molar-refractivity contribution in [1.82, 2.24) is 5.32 Å². The number of amides is 3. The largest absolute Gasteiger partial charge is 0.369 e. The first-order valence-electron chi connectivity index (χ1n) is 7.63. The lowest BCUT2D eigenvalue weighted by Crippen LogP contribution is -2.43. The van der Waals surface area contributed by atoms with E-state index < -0.39 is 17.1 Å². The van der Waals surface area contributed by atoms with E-state index in [-0.39, 0.29) is 6.04 Å². The highest BCUT2D eigenvalue weighted by atomic mass is 32.2. The molecule has 0 radical (unpaired) electrons. The Balaban J connectivity index is 2.02. The average Bonchev–Trinajstić information content (AvgIpc) is 2.84. The van der Waals surface area contributed by atoms with Crippen LogP contribution in [-0.4, -0.2) is 36.2 Å². The van der Waals surface area contributed by atoms with Gasteiger partial charge in [-0.2, -0.15) is 0 Å². The number of anilines is 1. The molecular weight excluding hydrogens is 328 g/mol. The zero-order chi connectivity index (χ0) is 17.3. The molecule has 0 aliphatic carbocycles. The maximum absolute atomic E-state index is 11.8. The molecule has 2 fully saturated rings. The molecule has 3 amide bonds. The van der Waals surface area contributed by atoms with E-state index in [1.807, 2.05) is 6.07 Å². The molecule has 2 aliphatic rings. The Labute approximate surface area is 143 Å². The second kappa shape index (κ2) is 6.66. The fourth-order valence-corrected chi connectivity index (χ4v) is 3.58. The minimum atomic E-state index is -0.545. The summed E-state index contributed by atoms with van der Waals surface area (Å²) < 4.78 is 0. The molecule has 2 heterocycles. The SMILES string of the molecule is NC(=O)c1ccc(N2CCCC(N)C2)c(/C=C2/SC(=O)NC2=O)c1. The van der Waals surface area contributed by atoms with Gasteiger partial charge in [0, 0.05) is 30.4 Å². The van der Waals surface area contributed by atoms with Crippen LogP contribution in [0, 0.1) is 0 Å². The number of hydrogen-bond acceptors (Lipinski definition) is 6. The van der Waals surface area contributed by atoms with Gasteiger partial charge in [-0.1, -0.05) is 0 Å². The van der Waals surface area contributed by atoms with Crippen LogP contribution >= 0.6 is 11.8 Å². The van der Waals surface area contributed by atoms with Crippen LogP contribution in [0.25, 0.3) is 6.08 Å². The highest BCUT2D eigenvalue weighted by Gasteiger charge is 2.26. The van der Waals surface area contributed by atoms with E-state index in [9.17, 15) is 14.4 Å². The number of carbonyl (C=O) groups is 3. The highest BCUT2D eigenvalue weighted by molar-refractivity contribution is 8.18. The van der Waals surface area contributed by atoms with Gasteiger partial charge in [-0.15, -0.1) is 0 Å². The van der Waals surface area contributed by atoms with Gasteiger partial charge in [-0.05, 0) is 54.4 Å². The van der Waals surface area contributed by atoms with Gasteiger partial charge in [0.25, 0.3) is 11.1 Å². The van der Waals surface area contributed by atoms with Crippen LogP contribution in [0.15, 0.2) is 23.1 Å². The highest BCUT2D eigenvalue weighted by Crippen LogP contribution is 2.31. The van der Waals surface area contributed by atoms with Crippen LogP contribution in [0.2, 0.25) is 0 Å². The molecule has 8 heteroatoms. The molecule has 0 spiro atoms. The fourth-order valence-electron chi connectivity index (χ4n) is 2.90. The van der Waals surface area contributed by atoms with Gasteiger partial charge in [0.1, 0.15) is 0 Å². The second-order valence-corrected chi connectivity index (χ2v) is 6.85. The lowest BCUT2D eigenvalue weighted by molar-refractivity contribution is -0.115. The molecule has 2 saturated heterocycles. The molecular formula is C16H18N4O3S. The number of imide groups is 1. The normalized spacial score (nSPS) is 22.8. The molecule has 24 heavy (non-hydrogen) atoms. The molecule has 2 aliphatic heterocycles. The predicted octanol–water partition coefficient (Wildman–Crippen LogP) is 1.04. The van der Waals surface area contributed by atoms with Gasteiger partial charge in [0.15, 0.2) is 0 Å². The first kappa shape index (κ1) is 16.5. The number of primary amides is 1. The zero-order valence-electron chi connectivity index (χ0n) is 13.0. The molecule has 7 nitrogen and oxygen atoms in total. The monoisotopic (exact) mass is 346 g/mol. The summed E-state index contributed by atoms with van der Waals surface area (Å²) in [5, 5.41) is 1.82. The van der Waals surface area contributed by atoms with E-state index in [1.165, 1.54) is 0 Å². The molecule has 0 saturated carbocycles. The summed E-state index contributed by atoms with van der Waals surface area (Å²) in [4.78, 5) is 37.1. The zero-order valence-corrected chi connectivity index (χ0v) is 13.8. The van der Waals surface area contributed by atoms with Crippen LogP contribution in [0.4, 0.5) is 10.5 Å². The molecule has 126 valence electrons. The lowest BCUT2D eigenvalue weighted by atomic mass is 10.0. The Kier molecular flexibility index (Phi) is 4.59. The van der Waals surface area contributed by atoms with Gasteiger partial charge in [0.2, 0.25) is 5.91 Å². The van der Waals surface area contributed by atoms with Crippen molar-refractivity contribution in [2.45, 2.75) is 18.9 Å². The first-order valence-corrected chi connectivity index (χ1v) is 8.45. The van der Waals surface area contributed by atoms with E-state index in [0.29, 0.717) is 22.6 Å². The van der Waals surface area contributed by atoms with Crippen molar-refractivity contribution < 1.29 is 14.4 Å². The Morgan fingerprint density at radius 3 is 2.79 bits per heavy atom. The number of benzene rings is 1. The number of rotatable bonds is 3. The number of nitrogens with one attached hydrogen (secondary N) is 1. The molecule has 1 aromatic rings. The van der Waals surface area contributed by atoms with Crippen LogP contribution in [0.3, 0.4) is 0 Å². The smallest absolute Gasteiger partial charge is 0.290 e. The summed E-state index contributed by atoms with van der Waals surface area (Å²) in [6, 6.07) is 5.19. The number of thioether (sulfide) groups is 1. The van der Waals surface area contributed by atoms with Crippen molar-refractivity contribution in [3.63, 3.8) is 0 Å². The number of nitrogens with two attached hydrogens (primary N) is 2. The Morgan fingerprint density at radius 1 is 1.38 bits per heavy atom. The quantitative estimate of drug-likeness (QED) is 0.704. The number of carbonyl (C=O) groups excluding carboxylic acids is 3. The summed E-state index contributed by atoms with van der Waals surface area (Å²) in [6.45, 7) is 1.54. The van der Waals surface area contributed by atoms with Crippen molar-refractivity contribution in [2.24, 2.45) is 11.5 Å². The van der Waals surface area contributed by atoms with Crippen molar-refractivity contribution in [3.8, 4) is 0 Å². The standard InChI is InChI=1S/C16H18N4O3S/c17-11-2-1-5-20(8-11)12-4-3-9(14(18)21)6-10(12)7-13-15(22)19-16(23)24-13/h3-4,6-7,11H,1-2,5,8,17H2,(H2,18,21)(H,19,22,23)/b13-7+. The third-order valence-corrected chi connectivity index (χ3v) is 4.85. The van der Waals surface area contributed by atoms with Gasteiger partial charge in [0.05, 0.1) is 4.91 Å². The third kappa shape index (κ3) is 3.44. The van der Waals surface area contributed by atoms with Crippen molar-refractivity contribution in [3.05, 3.63) is 34.2 Å². The lowest BCUT2D eigenvalue weighted by Gasteiger charge is -2.33. The molecule has 1 unspecified atom stereocenters. The first-order chi connectivity index (χ1) is 11.4. The molecule has 1 aromatic carbocycles. The minimum absolute atomic E-state index is 0.0841. The van der Waals surface area contributed by atoms with E-state index in [0.717, 1.165) is 36.8 Å². The van der Waals surface area contributed by atoms with Gasteiger partial charge in [-0.3, -0.25) is 19.7 Å². The summed E-state index contributed by atoms with van der Waals surface area (Å²) in [7, 11) is 0. The van der Waals surface area contributed by atoms with Crippen molar-refractivity contribution >= 4 is 40.6 Å². The maximum Gasteiger partial charge on any atom is 0.290 e. The number of nitrogens with zero attached hydrogens (tertiary/aromatic N) is 1. The molecule has 5 N–H and O–H groups in total. The molecule has 3 rings (SSSR count). The molecule has 0 aromatic heterocycles. The summed E-state index contributed by atoms with van der Waals surface area (Å²) in [5.41, 5.74) is 13.3. The topological polar surface area (TPSA) is 119 Å². The Bertz CT molecular complexity index is 747. The van der Waals surface area contributed by atoms with Crippen molar-refractivity contribution in [1.29, 1.82) is 0 Å². The van der Waals surface area contributed by atoms with Crippen LogP contribution in [0.5, 0.6) is 0 Å². The minimum Gasteiger partial charge on any atom is -0.369 e. The fraction of sp³-hybridized carbons (Fsp3) is 0.312. The second-order valence-electron chi connectivity index (χ2n) is 5.84. The van der Waals surface area contributed by atoms with Crippen molar-refractivity contribution in [2.75, 3.05) is 18.0 Å².